The maximum atomic E-state index is 13.6. The van der Waals surface area contributed by atoms with Gasteiger partial charge in [0.15, 0.2) is 6.10 Å². The first-order valence-corrected chi connectivity index (χ1v) is 15.6. The van der Waals surface area contributed by atoms with Gasteiger partial charge >= 0.3 is 5.97 Å². The van der Waals surface area contributed by atoms with Gasteiger partial charge in [-0.1, -0.05) is 66.2 Å². The fourth-order valence-corrected chi connectivity index (χ4v) is 7.50. The number of rotatable bonds is 6. The van der Waals surface area contributed by atoms with Gasteiger partial charge in [-0.05, 0) is 77.9 Å². The van der Waals surface area contributed by atoms with Crippen molar-refractivity contribution in [3.05, 3.63) is 105 Å². The average molecular weight is 670 g/mol. The molecule has 7 nitrogen and oxygen atoms in total. The van der Waals surface area contributed by atoms with Crippen LogP contribution < -0.4 is 4.90 Å². The fourth-order valence-electron chi connectivity index (χ4n) is 6.83. The van der Waals surface area contributed by atoms with E-state index >= 15 is 0 Å². The second-order valence-electron chi connectivity index (χ2n) is 11.6. The molecule has 0 radical (unpaired) electrons. The van der Waals surface area contributed by atoms with Crippen molar-refractivity contribution < 1.29 is 23.9 Å². The summed E-state index contributed by atoms with van der Waals surface area (Å²) < 4.78 is 6.28. The Kier molecular flexibility index (Phi) is 7.02. The zero-order valence-electron chi connectivity index (χ0n) is 23.8. The highest BCUT2D eigenvalue weighted by molar-refractivity contribution is 9.10. The van der Waals surface area contributed by atoms with Crippen LogP contribution in [0.2, 0.25) is 5.02 Å². The molecule has 3 aliphatic rings. The molecule has 220 valence electrons. The predicted octanol–water partition coefficient (Wildman–Crippen LogP) is 7.37. The SMILES string of the molecule is Cc1c(Cl)c(Br)cc2c(C(=O)OC(C)C(=O)c3ccccc3)cc(-c3ccc(N4C(=O)C5C6C=CC(C6)C5C4=O)cc3)nc12. The summed E-state index contributed by atoms with van der Waals surface area (Å²) in [6, 6.07) is 19.0. The van der Waals surface area contributed by atoms with Gasteiger partial charge in [0.1, 0.15) is 0 Å². The lowest BCUT2D eigenvalue weighted by Gasteiger charge is -2.18. The van der Waals surface area contributed by atoms with Crippen LogP contribution in [0.5, 0.6) is 0 Å². The average Bonchev–Trinajstić information content (AvgIpc) is 3.73. The Bertz CT molecular complexity index is 1890. The van der Waals surface area contributed by atoms with E-state index in [1.807, 2.05) is 13.0 Å². The van der Waals surface area contributed by atoms with Crippen molar-refractivity contribution in [3.8, 4) is 11.3 Å². The number of nitrogens with zero attached hydrogens (tertiary/aromatic N) is 2. The van der Waals surface area contributed by atoms with E-state index in [2.05, 4.69) is 28.1 Å². The van der Waals surface area contributed by atoms with E-state index in [0.29, 0.717) is 48.5 Å². The maximum Gasteiger partial charge on any atom is 0.339 e. The number of amides is 2. The molecule has 2 fully saturated rings. The third kappa shape index (κ3) is 4.50. The highest BCUT2D eigenvalue weighted by atomic mass is 79.9. The van der Waals surface area contributed by atoms with Crippen molar-refractivity contribution in [3.63, 3.8) is 0 Å². The van der Waals surface area contributed by atoms with Gasteiger partial charge in [-0.2, -0.15) is 0 Å². The van der Waals surface area contributed by atoms with E-state index in [1.54, 1.807) is 67.6 Å². The number of imide groups is 1. The zero-order valence-corrected chi connectivity index (χ0v) is 26.1. The van der Waals surface area contributed by atoms with E-state index in [0.717, 1.165) is 6.42 Å². The number of aryl methyl sites for hydroxylation is 1. The summed E-state index contributed by atoms with van der Waals surface area (Å²) in [5, 5.41) is 0.982. The van der Waals surface area contributed by atoms with E-state index in [1.165, 1.54) is 4.90 Å². The lowest BCUT2D eigenvalue weighted by molar-refractivity contribution is -0.123. The first kappa shape index (κ1) is 28.6. The van der Waals surface area contributed by atoms with Crippen molar-refractivity contribution in [1.82, 2.24) is 4.98 Å². The Hall–Kier alpha value is -4.14. The Labute approximate surface area is 267 Å². The van der Waals surface area contributed by atoms with Crippen LogP contribution in [0.15, 0.2) is 83.4 Å². The van der Waals surface area contributed by atoms with Gasteiger partial charge in [0.2, 0.25) is 17.6 Å². The molecule has 5 atom stereocenters. The summed E-state index contributed by atoms with van der Waals surface area (Å²) in [5.74, 6) is -1.58. The third-order valence-electron chi connectivity index (χ3n) is 9.05. The van der Waals surface area contributed by atoms with Crippen LogP contribution in [0, 0.1) is 30.6 Å². The van der Waals surface area contributed by atoms with Crippen molar-refractivity contribution in [2.45, 2.75) is 26.4 Å². The highest BCUT2D eigenvalue weighted by Crippen LogP contribution is 2.53. The lowest BCUT2D eigenvalue weighted by Crippen LogP contribution is -2.32. The largest absolute Gasteiger partial charge is 0.451 e. The monoisotopic (exact) mass is 668 g/mol. The zero-order chi connectivity index (χ0) is 30.9. The molecular weight excluding hydrogens is 644 g/mol. The molecule has 4 aromatic rings. The van der Waals surface area contributed by atoms with Crippen molar-refractivity contribution in [1.29, 1.82) is 0 Å². The fraction of sp³-hybridized carbons (Fsp3) is 0.229. The number of carbonyl (C=O) groups is 4. The molecule has 0 N–H and O–H groups in total. The minimum atomic E-state index is -1.02. The first-order chi connectivity index (χ1) is 21.1. The molecule has 1 aromatic heterocycles. The summed E-state index contributed by atoms with van der Waals surface area (Å²) in [7, 11) is 0. The number of carbonyl (C=O) groups excluding carboxylic acids is 4. The van der Waals surface area contributed by atoms with Crippen LogP contribution in [0.4, 0.5) is 5.69 Å². The molecule has 1 saturated heterocycles. The molecule has 44 heavy (non-hydrogen) atoms. The quantitative estimate of drug-likeness (QED) is 0.0922. The second kappa shape index (κ2) is 10.8. The molecule has 7 rings (SSSR count). The van der Waals surface area contributed by atoms with Gasteiger partial charge in [0, 0.05) is 21.0 Å². The topological polar surface area (TPSA) is 93.6 Å². The number of pyridine rings is 1. The van der Waals surface area contributed by atoms with Gasteiger partial charge in [0.05, 0.1) is 39.3 Å². The predicted molar refractivity (Wildman–Crippen MR) is 170 cm³/mol. The first-order valence-electron chi connectivity index (χ1n) is 14.4. The van der Waals surface area contributed by atoms with Crippen LogP contribution >= 0.6 is 27.5 Å². The molecular formula is C35H26BrClN2O5. The number of hydrogen-bond donors (Lipinski definition) is 0. The molecule has 0 spiro atoms. The number of anilines is 1. The number of halogens is 2. The Morgan fingerprint density at radius 1 is 0.977 bits per heavy atom. The molecule has 2 heterocycles. The smallest absolute Gasteiger partial charge is 0.339 e. The Morgan fingerprint density at radius 2 is 1.61 bits per heavy atom. The standard InChI is InChI=1S/C35H26BrClN2O5/c1-17-30(37)26(36)15-24-25(35(43)44-18(2)32(40)20-6-4-3-5-7-20)16-27(38-31(17)24)19-10-12-23(13-11-19)39-33(41)28-21-8-9-22(14-21)29(28)34(39)42/h3-13,15-16,18,21-22,28-29H,14H2,1-2H3. The van der Waals surface area contributed by atoms with E-state index < -0.39 is 12.1 Å². The molecule has 3 aromatic carbocycles. The number of esters is 1. The van der Waals surface area contributed by atoms with Gasteiger partial charge in [-0.15, -0.1) is 0 Å². The molecule has 2 bridgehead atoms. The minimum absolute atomic E-state index is 0.131. The highest BCUT2D eigenvalue weighted by Gasteiger charge is 2.59. The molecule has 5 unspecified atom stereocenters. The lowest BCUT2D eigenvalue weighted by atomic mass is 9.85. The maximum absolute atomic E-state index is 13.6. The normalized spacial score (nSPS) is 22.5. The molecule has 1 aliphatic heterocycles. The number of fused-ring (bicyclic) bond motifs is 6. The summed E-state index contributed by atoms with van der Waals surface area (Å²) in [4.78, 5) is 59.3. The molecule has 1 saturated carbocycles. The van der Waals surface area contributed by atoms with Crippen LogP contribution in [0.1, 0.15) is 39.6 Å². The van der Waals surface area contributed by atoms with Crippen LogP contribution in [0.25, 0.3) is 22.2 Å². The van der Waals surface area contributed by atoms with Crippen LogP contribution in [0.3, 0.4) is 0 Å². The van der Waals surface area contributed by atoms with Crippen molar-refractivity contribution in [2.24, 2.45) is 23.7 Å². The number of Topliss-reactive ketones (excluding diaryl/α,β-unsaturated/α-hetero) is 1. The van der Waals surface area contributed by atoms with Gasteiger partial charge in [-0.3, -0.25) is 19.3 Å². The van der Waals surface area contributed by atoms with E-state index in [9.17, 15) is 19.2 Å². The Morgan fingerprint density at radius 3 is 2.25 bits per heavy atom. The molecule has 9 heteroatoms. The third-order valence-corrected chi connectivity index (χ3v) is 10.4. The second-order valence-corrected chi connectivity index (χ2v) is 12.8. The summed E-state index contributed by atoms with van der Waals surface area (Å²) in [6.07, 6.45) is 4.00. The summed E-state index contributed by atoms with van der Waals surface area (Å²) >= 11 is 10.0. The molecule has 2 aliphatic carbocycles. The van der Waals surface area contributed by atoms with E-state index in [-0.39, 0.29) is 46.8 Å². The summed E-state index contributed by atoms with van der Waals surface area (Å²) in [5.41, 5.74) is 3.49. The van der Waals surface area contributed by atoms with Crippen LogP contribution in [-0.2, 0) is 14.3 Å². The van der Waals surface area contributed by atoms with E-state index in [4.69, 9.17) is 21.3 Å². The number of hydrogen-bond acceptors (Lipinski definition) is 6. The van der Waals surface area contributed by atoms with Gasteiger partial charge in [0.25, 0.3) is 0 Å². The van der Waals surface area contributed by atoms with Crippen molar-refractivity contribution >= 4 is 67.7 Å². The van der Waals surface area contributed by atoms with Crippen molar-refractivity contribution in [2.75, 3.05) is 4.90 Å². The Balaban J connectivity index is 1.23. The van der Waals surface area contributed by atoms with Gasteiger partial charge in [-0.25, -0.2) is 9.78 Å². The number of ketones is 1. The molecule has 2 amide bonds. The number of allylic oxidation sites excluding steroid dienone is 2. The number of benzene rings is 3. The van der Waals surface area contributed by atoms with Crippen LogP contribution in [-0.4, -0.2) is 34.7 Å². The van der Waals surface area contributed by atoms with Gasteiger partial charge < -0.3 is 4.74 Å². The minimum Gasteiger partial charge on any atom is -0.451 e. The number of ether oxygens (including phenoxy) is 1. The summed E-state index contributed by atoms with van der Waals surface area (Å²) in [6.45, 7) is 3.36. The number of aromatic nitrogens is 1.